The molecule has 0 nitrogen and oxygen atoms in total. The maximum atomic E-state index is 3.92. The van der Waals surface area contributed by atoms with Crippen LogP contribution in [0.3, 0.4) is 0 Å². The Morgan fingerprint density at radius 2 is 1.55 bits per heavy atom. The van der Waals surface area contributed by atoms with Crippen LogP contribution in [0.2, 0.25) is 24.2 Å². The van der Waals surface area contributed by atoms with Crippen molar-refractivity contribution < 1.29 is 18.9 Å². The Morgan fingerprint density at radius 3 is 1.64 bits per heavy atom. The Hall–Kier alpha value is 0.814. The van der Waals surface area contributed by atoms with Crippen LogP contribution >= 0.6 is 0 Å². The molecule has 0 aliphatic heterocycles. The van der Waals surface area contributed by atoms with E-state index in [4.69, 9.17) is 0 Å². The molecule has 0 spiro atoms. The van der Waals surface area contributed by atoms with E-state index < -0.39 is 8.07 Å². The largest absolute Gasteiger partial charge is 1.00 e. The van der Waals surface area contributed by atoms with E-state index in [1.807, 2.05) is 0 Å². The molecule has 0 saturated heterocycles. The van der Waals surface area contributed by atoms with Gasteiger partial charge >= 0.3 is 18.9 Å². The fraction of sp³-hybridized carbons (Fsp3) is 0.889. The molecule has 0 bridgehead atoms. The molecule has 0 unspecified atom stereocenters. The van der Waals surface area contributed by atoms with E-state index in [-0.39, 0.29) is 18.9 Å². The molecule has 0 atom stereocenters. The molecule has 0 N–H and O–H groups in total. The summed E-state index contributed by atoms with van der Waals surface area (Å²) in [5, 5.41) is 0.546. The van der Waals surface area contributed by atoms with Crippen molar-refractivity contribution in [2.45, 2.75) is 51.4 Å². The molecule has 0 radical (unpaired) electrons. The van der Waals surface area contributed by atoms with E-state index in [2.05, 4.69) is 40.8 Å². The van der Waals surface area contributed by atoms with Crippen LogP contribution in [0.25, 0.3) is 0 Å². The molecular weight excluding hydrogens is 143 g/mol. The zero-order chi connectivity index (χ0) is 8.41. The number of hydrogen-bond acceptors (Lipinski definition) is 0. The van der Waals surface area contributed by atoms with E-state index in [9.17, 15) is 0 Å². The van der Waals surface area contributed by atoms with Gasteiger partial charge in [-0.1, -0.05) is 39.9 Å². The average molecular weight is 164 g/mol. The van der Waals surface area contributed by atoms with E-state index in [0.29, 0.717) is 5.04 Å². The third-order valence-corrected chi connectivity index (χ3v) is 8.50. The van der Waals surface area contributed by atoms with Gasteiger partial charge in [0.15, 0.2) is 0 Å². The van der Waals surface area contributed by atoms with Crippen LogP contribution in [0.1, 0.15) is 27.2 Å². The van der Waals surface area contributed by atoms with Gasteiger partial charge in [0.05, 0.1) is 8.07 Å². The summed E-state index contributed by atoms with van der Waals surface area (Å²) in [5.41, 5.74) is 0. The van der Waals surface area contributed by atoms with Crippen molar-refractivity contribution in [2.24, 2.45) is 0 Å². The smallest absolute Gasteiger partial charge is 0.344 e. The Balaban J connectivity index is 0. The van der Waals surface area contributed by atoms with Crippen LogP contribution < -0.4 is 18.9 Å². The SMILES string of the molecule is [CH2-]CC[Si](C)(C)C(C)(C)C.[Li+]. The van der Waals surface area contributed by atoms with E-state index in [0.717, 1.165) is 6.42 Å². The van der Waals surface area contributed by atoms with Crippen LogP contribution in [0.5, 0.6) is 0 Å². The molecule has 11 heavy (non-hydrogen) atoms. The summed E-state index contributed by atoms with van der Waals surface area (Å²) in [6.45, 7) is 15.9. The zero-order valence-electron chi connectivity index (χ0n) is 9.12. The second-order valence-corrected chi connectivity index (χ2v) is 10.5. The molecule has 0 heterocycles. The third-order valence-electron chi connectivity index (χ3n) is 2.83. The summed E-state index contributed by atoms with van der Waals surface area (Å²) in [4.78, 5) is 0. The molecule has 62 valence electrons. The van der Waals surface area contributed by atoms with Crippen molar-refractivity contribution >= 4 is 8.07 Å². The van der Waals surface area contributed by atoms with Gasteiger partial charge in [0.2, 0.25) is 0 Å². The van der Waals surface area contributed by atoms with Crippen LogP contribution in [0.15, 0.2) is 0 Å². The van der Waals surface area contributed by atoms with Gasteiger partial charge in [0.1, 0.15) is 0 Å². The Morgan fingerprint density at radius 1 is 1.18 bits per heavy atom. The van der Waals surface area contributed by atoms with E-state index in [1.165, 1.54) is 6.04 Å². The quantitative estimate of drug-likeness (QED) is 0.417. The normalized spacial score (nSPS) is 12.5. The van der Waals surface area contributed by atoms with Crippen molar-refractivity contribution in [1.29, 1.82) is 0 Å². The minimum absolute atomic E-state index is 0. The Kier molecular flexibility index (Phi) is 6.19. The standard InChI is InChI=1S/C9H21Si.Li/c1-7-8-10(5,6)9(2,3)4;/h1,7-8H2,2-6H3;/q-1;+1. The van der Waals surface area contributed by atoms with Crippen molar-refractivity contribution in [1.82, 2.24) is 0 Å². The summed E-state index contributed by atoms with van der Waals surface area (Å²) < 4.78 is 0. The molecule has 0 saturated carbocycles. The molecule has 0 aromatic heterocycles. The number of hydrogen-bond donors (Lipinski definition) is 0. The monoisotopic (exact) mass is 164 g/mol. The fourth-order valence-electron chi connectivity index (χ4n) is 0.817. The predicted molar refractivity (Wildman–Crippen MR) is 52.0 cm³/mol. The molecule has 0 fully saturated rings. The van der Waals surface area contributed by atoms with Crippen LogP contribution in [-0.2, 0) is 0 Å². The first-order valence-corrected chi connectivity index (χ1v) is 7.31. The van der Waals surface area contributed by atoms with Crippen molar-refractivity contribution in [3.8, 4) is 0 Å². The average Bonchev–Trinajstić information content (AvgIpc) is 1.61. The molecule has 0 aromatic rings. The van der Waals surface area contributed by atoms with Gasteiger partial charge in [-0.2, -0.15) is 6.42 Å². The number of rotatable bonds is 2. The third kappa shape index (κ3) is 4.40. The first-order valence-electron chi connectivity index (χ1n) is 4.10. The van der Waals surface area contributed by atoms with Crippen molar-refractivity contribution in [2.75, 3.05) is 0 Å². The summed E-state index contributed by atoms with van der Waals surface area (Å²) in [7, 11) is -0.967. The second-order valence-electron chi connectivity index (χ2n) is 4.74. The van der Waals surface area contributed by atoms with Gasteiger partial charge in [0, 0.05) is 0 Å². The van der Waals surface area contributed by atoms with E-state index >= 15 is 0 Å². The molecule has 0 rings (SSSR count). The summed E-state index contributed by atoms with van der Waals surface area (Å²) in [5.74, 6) is 0. The van der Waals surface area contributed by atoms with Gasteiger partial charge < -0.3 is 6.92 Å². The van der Waals surface area contributed by atoms with Crippen molar-refractivity contribution in [3.05, 3.63) is 6.92 Å². The van der Waals surface area contributed by atoms with Gasteiger partial charge in [-0.3, -0.25) is 0 Å². The van der Waals surface area contributed by atoms with Crippen LogP contribution in [-0.4, -0.2) is 8.07 Å². The van der Waals surface area contributed by atoms with Crippen LogP contribution in [0.4, 0.5) is 0 Å². The van der Waals surface area contributed by atoms with Gasteiger partial charge in [-0.25, -0.2) is 0 Å². The maximum absolute atomic E-state index is 3.92. The molecular formula is C9H21LiSi. The predicted octanol–water partition coefficient (Wildman–Crippen LogP) is 0.723. The first-order chi connectivity index (χ1) is 4.31. The summed E-state index contributed by atoms with van der Waals surface area (Å²) >= 11 is 0. The van der Waals surface area contributed by atoms with Gasteiger partial charge in [-0.05, 0) is 5.04 Å². The minimum Gasteiger partial charge on any atom is -0.344 e. The summed E-state index contributed by atoms with van der Waals surface area (Å²) in [6, 6.07) is 1.36. The molecule has 0 aliphatic rings. The topological polar surface area (TPSA) is 0 Å². The Labute approximate surface area is 85.3 Å². The van der Waals surface area contributed by atoms with E-state index in [1.54, 1.807) is 0 Å². The minimum atomic E-state index is -0.967. The Bertz CT molecular complexity index is 103. The molecule has 0 aromatic carbocycles. The van der Waals surface area contributed by atoms with Gasteiger partial charge in [-0.15, -0.1) is 0 Å². The summed E-state index contributed by atoms with van der Waals surface area (Å²) in [6.07, 6.45) is 1.11. The first kappa shape index (κ1) is 14.3. The second kappa shape index (κ2) is 4.75. The van der Waals surface area contributed by atoms with Crippen LogP contribution in [0, 0.1) is 6.92 Å². The maximum Gasteiger partial charge on any atom is 1.00 e. The van der Waals surface area contributed by atoms with Gasteiger partial charge in [0.25, 0.3) is 0 Å². The van der Waals surface area contributed by atoms with Crippen molar-refractivity contribution in [3.63, 3.8) is 0 Å². The molecule has 0 amide bonds. The zero-order valence-corrected chi connectivity index (χ0v) is 10.1. The fourth-order valence-corrected chi connectivity index (χ4v) is 2.45. The molecule has 2 heteroatoms. The molecule has 0 aliphatic carbocycles.